The van der Waals surface area contributed by atoms with Crippen molar-refractivity contribution in [2.45, 2.75) is 24.0 Å². The van der Waals surface area contributed by atoms with E-state index in [0.717, 1.165) is 0 Å². The van der Waals surface area contributed by atoms with Crippen molar-refractivity contribution in [2.24, 2.45) is 0 Å². The molecule has 56 valence electrons. The molecule has 0 aliphatic carbocycles. The molecule has 10 heavy (non-hydrogen) atoms. The zero-order valence-corrected chi connectivity index (χ0v) is 8.05. The molecule has 0 fully saturated rings. The molecule has 0 spiro atoms. The van der Waals surface area contributed by atoms with Crippen LogP contribution in [0.4, 0.5) is 0 Å². The van der Waals surface area contributed by atoms with Gasteiger partial charge in [-0.3, -0.25) is 0 Å². The van der Waals surface area contributed by atoms with Crippen LogP contribution in [0.2, 0.25) is 0 Å². The van der Waals surface area contributed by atoms with Gasteiger partial charge in [0.05, 0.1) is 15.4 Å². The Bertz CT molecular complexity index is 205. The number of thioether (sulfide) groups is 1. The van der Waals surface area contributed by atoms with Crippen molar-refractivity contribution >= 4 is 23.1 Å². The number of thiazole rings is 1. The van der Waals surface area contributed by atoms with Gasteiger partial charge in [0.2, 0.25) is 0 Å². The summed E-state index contributed by atoms with van der Waals surface area (Å²) < 4.78 is 1.36. The van der Waals surface area contributed by atoms with Crippen LogP contribution in [0.5, 0.6) is 0 Å². The third-order valence-electron chi connectivity index (χ3n) is 1.29. The highest BCUT2D eigenvalue weighted by Crippen LogP contribution is 2.29. The maximum Gasteiger partial charge on any atom is 0.0830 e. The lowest BCUT2D eigenvalue weighted by molar-refractivity contribution is 0.813. The van der Waals surface area contributed by atoms with E-state index in [1.165, 1.54) is 9.90 Å². The van der Waals surface area contributed by atoms with E-state index >= 15 is 0 Å². The molecular weight excluding hydrogens is 162 g/mol. The van der Waals surface area contributed by atoms with Crippen LogP contribution >= 0.6 is 23.1 Å². The van der Waals surface area contributed by atoms with Gasteiger partial charge in [0.25, 0.3) is 0 Å². The van der Waals surface area contributed by atoms with E-state index in [4.69, 9.17) is 0 Å². The van der Waals surface area contributed by atoms with Crippen LogP contribution in [-0.2, 0) is 0 Å². The quantitative estimate of drug-likeness (QED) is 0.638. The predicted molar refractivity (Wildman–Crippen MR) is 48.0 cm³/mol. The molecule has 0 aliphatic heterocycles. The van der Waals surface area contributed by atoms with Crippen molar-refractivity contribution in [3.63, 3.8) is 0 Å². The van der Waals surface area contributed by atoms with Gasteiger partial charge in [0, 0.05) is 0 Å². The monoisotopic (exact) mass is 173 g/mol. The van der Waals surface area contributed by atoms with E-state index in [1.54, 1.807) is 23.1 Å². The molecule has 0 amide bonds. The lowest BCUT2D eigenvalue weighted by Crippen LogP contribution is -1.87. The molecule has 0 atom stereocenters. The first-order valence-corrected chi connectivity index (χ1v) is 5.33. The molecule has 0 saturated carbocycles. The third-order valence-corrected chi connectivity index (χ3v) is 3.30. The summed E-state index contributed by atoms with van der Waals surface area (Å²) in [5.41, 5.74) is 3.17. The van der Waals surface area contributed by atoms with Crippen LogP contribution in [0.25, 0.3) is 0 Å². The highest BCUT2D eigenvalue weighted by molar-refractivity contribution is 8.00. The zero-order chi connectivity index (χ0) is 7.56. The minimum atomic E-state index is 0.564. The standard InChI is InChI=1S/C7H11NS2/c1-5(2)6-7(9-3)10-4-8-6/h4-5H,1-3H3. The van der Waals surface area contributed by atoms with Crippen molar-refractivity contribution in [3.05, 3.63) is 11.2 Å². The summed E-state index contributed by atoms with van der Waals surface area (Å²) in [5, 5.41) is 0. The normalized spacial score (nSPS) is 10.8. The van der Waals surface area contributed by atoms with Crippen molar-refractivity contribution in [1.29, 1.82) is 0 Å². The Hall–Kier alpha value is -0.0200. The Kier molecular flexibility index (Phi) is 2.74. The van der Waals surface area contributed by atoms with E-state index in [9.17, 15) is 0 Å². The van der Waals surface area contributed by atoms with Gasteiger partial charge in [-0.05, 0) is 12.2 Å². The Morgan fingerprint density at radius 2 is 2.30 bits per heavy atom. The van der Waals surface area contributed by atoms with Crippen LogP contribution in [0.15, 0.2) is 9.72 Å². The van der Waals surface area contributed by atoms with Crippen molar-refractivity contribution in [3.8, 4) is 0 Å². The Labute approximate surface area is 69.9 Å². The molecule has 0 unspecified atom stereocenters. The molecule has 3 heteroatoms. The van der Waals surface area contributed by atoms with E-state index in [1.807, 2.05) is 5.51 Å². The lowest BCUT2D eigenvalue weighted by atomic mass is 10.2. The minimum Gasteiger partial charge on any atom is -0.248 e. The lowest BCUT2D eigenvalue weighted by Gasteiger charge is -2.00. The summed E-state index contributed by atoms with van der Waals surface area (Å²) in [6.45, 7) is 4.35. The molecule has 1 rings (SSSR count). The summed E-state index contributed by atoms with van der Waals surface area (Å²) in [5.74, 6) is 0.564. The fourth-order valence-electron chi connectivity index (χ4n) is 0.782. The molecule has 1 aromatic rings. The predicted octanol–water partition coefficient (Wildman–Crippen LogP) is 2.99. The molecular formula is C7H11NS2. The van der Waals surface area contributed by atoms with Crippen LogP contribution in [0, 0.1) is 0 Å². The zero-order valence-electron chi connectivity index (χ0n) is 6.42. The first kappa shape index (κ1) is 8.08. The van der Waals surface area contributed by atoms with E-state index in [-0.39, 0.29) is 0 Å². The van der Waals surface area contributed by atoms with Crippen molar-refractivity contribution in [1.82, 2.24) is 4.98 Å². The van der Waals surface area contributed by atoms with E-state index in [0.29, 0.717) is 5.92 Å². The highest BCUT2D eigenvalue weighted by atomic mass is 32.2. The van der Waals surface area contributed by atoms with Gasteiger partial charge in [0.1, 0.15) is 0 Å². The van der Waals surface area contributed by atoms with Crippen LogP contribution in [0.3, 0.4) is 0 Å². The summed E-state index contributed by atoms with van der Waals surface area (Å²) in [4.78, 5) is 4.28. The molecule has 1 nitrogen and oxygen atoms in total. The Morgan fingerprint density at radius 1 is 1.60 bits per heavy atom. The molecule has 0 radical (unpaired) electrons. The van der Waals surface area contributed by atoms with Gasteiger partial charge in [-0.25, -0.2) is 4.98 Å². The van der Waals surface area contributed by atoms with Gasteiger partial charge in [0.15, 0.2) is 0 Å². The smallest absolute Gasteiger partial charge is 0.0830 e. The summed E-state index contributed by atoms with van der Waals surface area (Å²) in [6, 6.07) is 0. The summed E-state index contributed by atoms with van der Waals surface area (Å²) in [6.07, 6.45) is 2.10. The molecule has 0 bridgehead atoms. The third kappa shape index (κ3) is 1.52. The number of rotatable bonds is 2. The fourth-order valence-corrected chi connectivity index (χ4v) is 2.46. The number of hydrogen-bond donors (Lipinski definition) is 0. The molecule has 0 N–H and O–H groups in total. The second-order valence-corrected chi connectivity index (χ2v) is 4.31. The number of hydrogen-bond acceptors (Lipinski definition) is 3. The molecule has 0 aliphatic rings. The molecule has 1 heterocycles. The van der Waals surface area contributed by atoms with Crippen LogP contribution < -0.4 is 0 Å². The van der Waals surface area contributed by atoms with E-state index in [2.05, 4.69) is 25.1 Å². The topological polar surface area (TPSA) is 12.9 Å². The van der Waals surface area contributed by atoms with Crippen molar-refractivity contribution < 1.29 is 0 Å². The summed E-state index contributed by atoms with van der Waals surface area (Å²) >= 11 is 3.52. The molecule has 1 aromatic heterocycles. The molecule has 0 aromatic carbocycles. The Morgan fingerprint density at radius 3 is 2.70 bits per heavy atom. The van der Waals surface area contributed by atoms with Crippen LogP contribution in [0.1, 0.15) is 25.5 Å². The first-order valence-electron chi connectivity index (χ1n) is 3.23. The number of nitrogens with zero attached hydrogens (tertiary/aromatic N) is 1. The van der Waals surface area contributed by atoms with Gasteiger partial charge in [-0.1, -0.05) is 13.8 Å². The maximum absolute atomic E-state index is 4.28. The van der Waals surface area contributed by atoms with Gasteiger partial charge in [-0.15, -0.1) is 23.1 Å². The summed E-state index contributed by atoms with van der Waals surface area (Å²) in [7, 11) is 0. The molecule has 0 saturated heterocycles. The second-order valence-electron chi connectivity index (χ2n) is 2.38. The fraction of sp³-hybridized carbons (Fsp3) is 0.571. The average Bonchev–Trinajstić information content (AvgIpc) is 2.33. The maximum atomic E-state index is 4.28. The minimum absolute atomic E-state index is 0.564. The highest BCUT2D eigenvalue weighted by Gasteiger charge is 2.07. The largest absolute Gasteiger partial charge is 0.248 e. The first-order chi connectivity index (χ1) is 4.75. The second kappa shape index (κ2) is 3.39. The van der Waals surface area contributed by atoms with Crippen LogP contribution in [-0.4, -0.2) is 11.2 Å². The van der Waals surface area contributed by atoms with Gasteiger partial charge >= 0.3 is 0 Å². The van der Waals surface area contributed by atoms with E-state index < -0.39 is 0 Å². The number of aromatic nitrogens is 1. The SMILES string of the molecule is CSc1scnc1C(C)C. The Balaban J connectivity index is 2.90. The van der Waals surface area contributed by atoms with Gasteiger partial charge in [-0.2, -0.15) is 0 Å². The average molecular weight is 173 g/mol. The van der Waals surface area contributed by atoms with Crippen molar-refractivity contribution in [2.75, 3.05) is 6.26 Å². The van der Waals surface area contributed by atoms with Gasteiger partial charge < -0.3 is 0 Å².